The number of nitrogens with one attached hydrogen (secondary N) is 1. The van der Waals surface area contributed by atoms with Crippen molar-refractivity contribution in [3.63, 3.8) is 0 Å². The van der Waals surface area contributed by atoms with Crippen molar-refractivity contribution >= 4 is 38.7 Å². The summed E-state index contributed by atoms with van der Waals surface area (Å²) in [7, 11) is 0. The molecule has 0 saturated heterocycles. The van der Waals surface area contributed by atoms with Crippen LogP contribution in [0.15, 0.2) is 23.0 Å². The van der Waals surface area contributed by atoms with Crippen LogP contribution in [0.5, 0.6) is 0 Å². The van der Waals surface area contributed by atoms with Gasteiger partial charge in [-0.3, -0.25) is 0 Å². The Morgan fingerprint density at radius 2 is 2.10 bits per heavy atom. The Hall–Kier alpha value is -1.53. The monoisotopic (exact) mass is 304 g/mol. The summed E-state index contributed by atoms with van der Waals surface area (Å²) in [5, 5.41) is 9.82. The number of thiazole rings is 1. The first-order valence-electron chi connectivity index (χ1n) is 6.71. The number of rotatable bonds is 5. The minimum Gasteiger partial charge on any atom is -0.360 e. The van der Waals surface area contributed by atoms with Gasteiger partial charge in [-0.15, -0.1) is 22.7 Å². The lowest BCUT2D eigenvalue weighted by molar-refractivity contribution is 0.736. The molecule has 0 radical (unpaired) electrons. The van der Waals surface area contributed by atoms with Gasteiger partial charge in [-0.1, -0.05) is 13.8 Å². The van der Waals surface area contributed by atoms with E-state index in [-0.39, 0.29) is 6.04 Å². The zero-order valence-electron chi connectivity index (χ0n) is 11.5. The number of hydrogen-bond acceptors (Lipinski definition) is 6. The van der Waals surface area contributed by atoms with E-state index in [1.54, 1.807) is 22.7 Å². The third-order valence-electron chi connectivity index (χ3n) is 3.16. The fourth-order valence-corrected chi connectivity index (χ4v) is 3.63. The van der Waals surface area contributed by atoms with Crippen LogP contribution in [-0.2, 0) is 6.42 Å². The van der Waals surface area contributed by atoms with Gasteiger partial charge < -0.3 is 5.32 Å². The highest BCUT2D eigenvalue weighted by Gasteiger charge is 2.15. The Bertz CT molecular complexity index is 690. The molecule has 0 amide bonds. The van der Waals surface area contributed by atoms with E-state index in [9.17, 15) is 0 Å². The Morgan fingerprint density at radius 3 is 2.80 bits per heavy atom. The summed E-state index contributed by atoms with van der Waals surface area (Å²) in [6.07, 6.45) is 3.67. The summed E-state index contributed by atoms with van der Waals surface area (Å²) in [5.41, 5.74) is 0. The minimum atomic E-state index is 0.206. The second-order valence-electron chi connectivity index (χ2n) is 4.46. The average molecular weight is 304 g/mol. The maximum absolute atomic E-state index is 4.65. The molecule has 0 unspecified atom stereocenters. The molecule has 0 aliphatic rings. The number of thiophene rings is 1. The third-order valence-corrected chi connectivity index (χ3v) is 4.85. The highest BCUT2D eigenvalue weighted by molar-refractivity contribution is 7.16. The molecular weight excluding hydrogens is 288 g/mol. The molecule has 0 saturated carbocycles. The Labute approximate surface area is 125 Å². The molecule has 20 heavy (non-hydrogen) atoms. The number of nitrogens with zero attached hydrogens (tertiary/aromatic N) is 3. The minimum absolute atomic E-state index is 0.206. The van der Waals surface area contributed by atoms with Crippen LogP contribution in [0, 0.1) is 0 Å². The molecule has 3 rings (SSSR count). The summed E-state index contributed by atoms with van der Waals surface area (Å²) in [6, 6.07) is 2.29. The fraction of sp³-hybridized carbons (Fsp3) is 0.357. The average Bonchev–Trinajstić information content (AvgIpc) is 3.14. The van der Waals surface area contributed by atoms with Crippen LogP contribution in [0.4, 0.5) is 5.82 Å². The maximum Gasteiger partial charge on any atom is 0.139 e. The van der Waals surface area contributed by atoms with Gasteiger partial charge >= 0.3 is 0 Å². The lowest BCUT2D eigenvalue weighted by Crippen LogP contribution is -2.11. The number of hydrogen-bond donors (Lipinski definition) is 1. The molecule has 0 aliphatic carbocycles. The molecule has 0 bridgehead atoms. The third kappa shape index (κ3) is 2.53. The van der Waals surface area contributed by atoms with Crippen molar-refractivity contribution in [2.45, 2.75) is 32.7 Å². The first-order chi connectivity index (χ1) is 9.81. The molecule has 104 valence electrons. The quantitative estimate of drug-likeness (QED) is 0.764. The number of aryl methyl sites for hydroxylation is 1. The number of anilines is 1. The van der Waals surface area contributed by atoms with E-state index < -0.39 is 0 Å². The summed E-state index contributed by atoms with van der Waals surface area (Å²) in [6.45, 7) is 4.24. The second kappa shape index (κ2) is 5.85. The lowest BCUT2D eigenvalue weighted by atomic mass is 10.2. The van der Waals surface area contributed by atoms with Gasteiger partial charge in [0.15, 0.2) is 0 Å². The van der Waals surface area contributed by atoms with Crippen molar-refractivity contribution in [3.05, 3.63) is 33.9 Å². The van der Waals surface area contributed by atoms with Crippen molar-refractivity contribution in [2.24, 2.45) is 0 Å². The second-order valence-corrected chi connectivity index (χ2v) is 6.28. The lowest BCUT2D eigenvalue weighted by Gasteiger charge is -2.16. The smallest absolute Gasteiger partial charge is 0.139 e. The molecule has 0 fully saturated rings. The van der Waals surface area contributed by atoms with E-state index >= 15 is 0 Å². The van der Waals surface area contributed by atoms with E-state index in [1.807, 2.05) is 11.6 Å². The summed E-state index contributed by atoms with van der Waals surface area (Å²) in [5.74, 6) is 1.81. The first-order valence-corrected chi connectivity index (χ1v) is 8.47. The van der Waals surface area contributed by atoms with Crippen LogP contribution in [0.2, 0.25) is 0 Å². The predicted octanol–water partition coefficient (Wildman–Crippen LogP) is 4.27. The molecule has 3 heterocycles. The Balaban J connectivity index is 1.98. The molecular formula is C14H16N4S2. The number of fused-ring (bicyclic) bond motifs is 1. The van der Waals surface area contributed by atoms with Gasteiger partial charge in [-0.05, 0) is 17.9 Å². The van der Waals surface area contributed by atoms with Crippen molar-refractivity contribution < 1.29 is 0 Å². The van der Waals surface area contributed by atoms with E-state index in [0.717, 1.165) is 39.7 Å². The van der Waals surface area contributed by atoms with Gasteiger partial charge in [0.1, 0.15) is 21.5 Å². The van der Waals surface area contributed by atoms with E-state index in [1.165, 1.54) is 0 Å². The van der Waals surface area contributed by atoms with Gasteiger partial charge in [0.2, 0.25) is 0 Å². The molecule has 3 aromatic heterocycles. The summed E-state index contributed by atoms with van der Waals surface area (Å²) >= 11 is 3.34. The standard InChI is InChI=1S/C14H16N4S2/c1-3-10(14-15-6-8-20-14)16-12-9-5-7-19-13(9)18-11(4-2)17-12/h5-8,10H,3-4H2,1-2H3,(H,16,17,18)/t10-/m1/s1. The van der Waals surface area contributed by atoms with Crippen LogP contribution in [0.25, 0.3) is 10.2 Å². The molecule has 3 aromatic rings. The van der Waals surface area contributed by atoms with Gasteiger partial charge in [-0.2, -0.15) is 0 Å². The van der Waals surface area contributed by atoms with Crippen LogP contribution in [-0.4, -0.2) is 15.0 Å². The predicted molar refractivity (Wildman–Crippen MR) is 85.6 cm³/mol. The molecule has 4 nitrogen and oxygen atoms in total. The van der Waals surface area contributed by atoms with Crippen molar-refractivity contribution in [1.29, 1.82) is 0 Å². The maximum atomic E-state index is 4.65. The van der Waals surface area contributed by atoms with Crippen molar-refractivity contribution in [3.8, 4) is 0 Å². The Kier molecular flexibility index (Phi) is 3.93. The molecule has 0 aliphatic heterocycles. The Morgan fingerprint density at radius 1 is 1.20 bits per heavy atom. The number of aromatic nitrogens is 3. The van der Waals surface area contributed by atoms with E-state index in [4.69, 9.17) is 0 Å². The van der Waals surface area contributed by atoms with Crippen LogP contribution < -0.4 is 5.32 Å². The zero-order valence-corrected chi connectivity index (χ0v) is 13.1. The van der Waals surface area contributed by atoms with Crippen LogP contribution in [0.3, 0.4) is 0 Å². The van der Waals surface area contributed by atoms with Gasteiger partial charge in [0.25, 0.3) is 0 Å². The topological polar surface area (TPSA) is 50.7 Å². The van der Waals surface area contributed by atoms with Crippen LogP contribution in [0.1, 0.15) is 37.1 Å². The molecule has 1 N–H and O–H groups in total. The fourth-order valence-electron chi connectivity index (χ4n) is 2.08. The van der Waals surface area contributed by atoms with E-state index in [0.29, 0.717) is 0 Å². The normalized spacial score (nSPS) is 12.7. The molecule has 0 spiro atoms. The van der Waals surface area contributed by atoms with Crippen molar-refractivity contribution in [2.75, 3.05) is 5.32 Å². The highest BCUT2D eigenvalue weighted by Crippen LogP contribution is 2.29. The molecule has 1 atom stereocenters. The zero-order chi connectivity index (χ0) is 13.9. The van der Waals surface area contributed by atoms with Gasteiger partial charge in [0, 0.05) is 18.0 Å². The molecule has 0 aromatic carbocycles. The summed E-state index contributed by atoms with van der Waals surface area (Å²) in [4.78, 5) is 14.7. The molecule has 6 heteroatoms. The SMILES string of the molecule is CCc1nc(N[C@H](CC)c2nccs2)c2ccsc2n1. The van der Waals surface area contributed by atoms with Crippen molar-refractivity contribution in [1.82, 2.24) is 15.0 Å². The summed E-state index contributed by atoms with van der Waals surface area (Å²) < 4.78 is 0. The largest absolute Gasteiger partial charge is 0.360 e. The first kappa shape index (κ1) is 13.5. The van der Waals surface area contributed by atoms with Gasteiger partial charge in [-0.25, -0.2) is 15.0 Å². The highest BCUT2D eigenvalue weighted by atomic mass is 32.1. The van der Waals surface area contributed by atoms with E-state index in [2.05, 4.69) is 45.6 Å². The van der Waals surface area contributed by atoms with Crippen LogP contribution >= 0.6 is 22.7 Å². The van der Waals surface area contributed by atoms with Gasteiger partial charge in [0.05, 0.1) is 11.4 Å².